The summed E-state index contributed by atoms with van der Waals surface area (Å²) in [5.74, 6) is -0.00146. The molecular weight excluding hydrogens is 270 g/mol. The Morgan fingerprint density at radius 3 is 2.89 bits per heavy atom. The van der Waals surface area contributed by atoms with Crippen molar-refractivity contribution in [3.8, 4) is 5.75 Å². The first kappa shape index (κ1) is 15.5. The minimum Gasteiger partial charge on any atom is -0.483 e. The Morgan fingerprint density at radius 2 is 2.26 bits per heavy atom. The fourth-order valence-corrected chi connectivity index (χ4v) is 1.72. The highest BCUT2D eigenvalue weighted by Gasteiger charge is 2.11. The molecule has 19 heavy (non-hydrogen) atoms. The Bertz CT molecular complexity index is 450. The van der Waals surface area contributed by atoms with Crippen molar-refractivity contribution in [1.82, 2.24) is 5.32 Å². The third kappa shape index (κ3) is 4.89. The van der Waals surface area contributed by atoms with Gasteiger partial charge in [-0.3, -0.25) is 9.59 Å². The number of benzene rings is 1. The number of hydrogen-bond donors (Lipinski definition) is 1. The largest absolute Gasteiger partial charge is 0.483 e. The predicted octanol–water partition coefficient (Wildman–Crippen LogP) is 1.68. The van der Waals surface area contributed by atoms with Gasteiger partial charge in [-0.1, -0.05) is 17.7 Å². The highest BCUT2D eigenvalue weighted by Crippen LogP contribution is 2.24. The van der Waals surface area contributed by atoms with Gasteiger partial charge in [0.15, 0.2) is 12.9 Å². The van der Waals surface area contributed by atoms with Gasteiger partial charge in [0.05, 0.1) is 17.2 Å². The maximum absolute atomic E-state index is 11.6. The number of nitrogens with one attached hydrogen (secondary N) is 1. The van der Waals surface area contributed by atoms with E-state index in [-0.39, 0.29) is 29.9 Å². The van der Waals surface area contributed by atoms with Crippen molar-refractivity contribution in [3.05, 3.63) is 28.8 Å². The van der Waals surface area contributed by atoms with Crippen molar-refractivity contribution in [2.75, 3.05) is 20.3 Å². The number of halogens is 1. The first-order valence-electron chi connectivity index (χ1n) is 5.73. The number of carbonyl (C=O) groups is 2. The van der Waals surface area contributed by atoms with Crippen LogP contribution in [0.25, 0.3) is 0 Å². The molecule has 0 aliphatic carbocycles. The molecule has 0 fully saturated rings. The molecule has 0 aliphatic heterocycles. The maximum Gasteiger partial charge on any atom is 0.258 e. The van der Waals surface area contributed by atoms with E-state index in [1.165, 1.54) is 0 Å². The first-order valence-corrected chi connectivity index (χ1v) is 6.11. The lowest BCUT2D eigenvalue weighted by Crippen LogP contribution is -2.38. The SMILES string of the molecule is COCC(C)NC(=O)COc1cccc(Cl)c1C=O. The smallest absolute Gasteiger partial charge is 0.258 e. The number of rotatable bonds is 7. The second-order valence-electron chi connectivity index (χ2n) is 3.98. The van der Waals surface area contributed by atoms with Crippen LogP contribution in [0.1, 0.15) is 17.3 Å². The molecule has 1 aromatic carbocycles. The lowest BCUT2D eigenvalue weighted by molar-refractivity contribution is -0.124. The van der Waals surface area contributed by atoms with Gasteiger partial charge in [0.2, 0.25) is 0 Å². The Balaban J connectivity index is 2.55. The number of aldehydes is 1. The average molecular weight is 286 g/mol. The molecule has 0 spiro atoms. The summed E-state index contributed by atoms with van der Waals surface area (Å²) in [4.78, 5) is 22.4. The standard InChI is InChI=1S/C13H16ClNO4/c1-9(7-18-2)15-13(17)8-19-12-5-3-4-11(14)10(12)6-16/h3-6,9H,7-8H2,1-2H3,(H,15,17). The van der Waals surface area contributed by atoms with Gasteiger partial charge >= 0.3 is 0 Å². The summed E-state index contributed by atoms with van der Waals surface area (Å²) in [6.45, 7) is 2.05. The number of carbonyl (C=O) groups excluding carboxylic acids is 2. The molecular formula is C13H16ClNO4. The van der Waals surface area contributed by atoms with E-state index in [2.05, 4.69) is 5.32 Å². The van der Waals surface area contributed by atoms with Crippen LogP contribution in [-0.2, 0) is 9.53 Å². The van der Waals surface area contributed by atoms with E-state index in [1.807, 2.05) is 6.92 Å². The van der Waals surface area contributed by atoms with E-state index in [9.17, 15) is 9.59 Å². The normalized spacial score (nSPS) is 11.7. The number of amides is 1. The molecule has 104 valence electrons. The number of methoxy groups -OCH3 is 1. The molecule has 0 aromatic heterocycles. The molecule has 0 bridgehead atoms. The van der Waals surface area contributed by atoms with E-state index in [4.69, 9.17) is 21.1 Å². The van der Waals surface area contributed by atoms with Gasteiger partial charge in [0.25, 0.3) is 5.91 Å². The van der Waals surface area contributed by atoms with Gasteiger partial charge in [0, 0.05) is 13.2 Å². The van der Waals surface area contributed by atoms with Crippen molar-refractivity contribution in [3.63, 3.8) is 0 Å². The molecule has 1 atom stereocenters. The fourth-order valence-electron chi connectivity index (χ4n) is 1.51. The van der Waals surface area contributed by atoms with E-state index < -0.39 is 0 Å². The first-order chi connectivity index (χ1) is 9.08. The molecule has 1 rings (SSSR count). The van der Waals surface area contributed by atoms with E-state index >= 15 is 0 Å². The van der Waals surface area contributed by atoms with Crippen LogP contribution in [0, 0.1) is 0 Å². The molecule has 5 nitrogen and oxygen atoms in total. The van der Waals surface area contributed by atoms with Crippen LogP contribution >= 0.6 is 11.6 Å². The van der Waals surface area contributed by atoms with Crippen LogP contribution in [0.3, 0.4) is 0 Å². The monoisotopic (exact) mass is 285 g/mol. The van der Waals surface area contributed by atoms with E-state index in [0.717, 1.165) is 0 Å². The lowest BCUT2D eigenvalue weighted by atomic mass is 10.2. The van der Waals surface area contributed by atoms with Gasteiger partial charge in [-0.05, 0) is 19.1 Å². The van der Waals surface area contributed by atoms with Crippen LogP contribution in [0.15, 0.2) is 18.2 Å². The lowest BCUT2D eigenvalue weighted by Gasteiger charge is -2.14. The van der Waals surface area contributed by atoms with Gasteiger partial charge < -0.3 is 14.8 Å². The highest BCUT2D eigenvalue weighted by atomic mass is 35.5. The van der Waals surface area contributed by atoms with Crippen LogP contribution in [-0.4, -0.2) is 38.6 Å². The third-order valence-electron chi connectivity index (χ3n) is 2.31. The second kappa shape index (κ2) is 7.76. The van der Waals surface area contributed by atoms with Crippen LogP contribution < -0.4 is 10.1 Å². The van der Waals surface area contributed by atoms with Crippen molar-refractivity contribution in [2.24, 2.45) is 0 Å². The molecule has 0 saturated heterocycles. The summed E-state index contributed by atoms with van der Waals surface area (Å²) in [6.07, 6.45) is 0.600. The summed E-state index contributed by atoms with van der Waals surface area (Å²) < 4.78 is 10.2. The van der Waals surface area contributed by atoms with Crippen molar-refractivity contribution >= 4 is 23.8 Å². The Kier molecular flexibility index (Phi) is 6.32. The Morgan fingerprint density at radius 1 is 1.53 bits per heavy atom. The van der Waals surface area contributed by atoms with Crippen LogP contribution in [0.5, 0.6) is 5.75 Å². The second-order valence-corrected chi connectivity index (χ2v) is 4.39. The Labute approximate surface area is 116 Å². The number of ether oxygens (including phenoxy) is 2. The highest BCUT2D eigenvalue weighted by molar-refractivity contribution is 6.33. The molecule has 0 radical (unpaired) electrons. The van der Waals surface area contributed by atoms with Crippen molar-refractivity contribution in [2.45, 2.75) is 13.0 Å². The summed E-state index contributed by atoms with van der Waals surface area (Å²) in [5.41, 5.74) is 0.238. The zero-order chi connectivity index (χ0) is 14.3. The van der Waals surface area contributed by atoms with E-state index in [1.54, 1.807) is 25.3 Å². The van der Waals surface area contributed by atoms with Gasteiger partial charge in [0.1, 0.15) is 5.75 Å². The Hall–Kier alpha value is -1.59. The zero-order valence-corrected chi connectivity index (χ0v) is 11.6. The summed E-state index contributed by atoms with van der Waals surface area (Å²) in [6, 6.07) is 4.71. The predicted molar refractivity (Wildman–Crippen MR) is 71.8 cm³/mol. The summed E-state index contributed by atoms with van der Waals surface area (Å²) in [5, 5.41) is 2.99. The minimum atomic E-state index is -0.290. The van der Waals surface area contributed by atoms with Crippen LogP contribution in [0.2, 0.25) is 5.02 Å². The van der Waals surface area contributed by atoms with Crippen LogP contribution in [0.4, 0.5) is 0 Å². The maximum atomic E-state index is 11.6. The summed E-state index contributed by atoms with van der Waals surface area (Å²) >= 11 is 5.84. The molecule has 1 N–H and O–H groups in total. The third-order valence-corrected chi connectivity index (χ3v) is 2.64. The fraction of sp³-hybridized carbons (Fsp3) is 0.385. The van der Waals surface area contributed by atoms with Gasteiger partial charge in [-0.25, -0.2) is 0 Å². The molecule has 6 heteroatoms. The van der Waals surface area contributed by atoms with Crippen molar-refractivity contribution in [1.29, 1.82) is 0 Å². The van der Waals surface area contributed by atoms with Gasteiger partial charge in [-0.15, -0.1) is 0 Å². The number of hydrogen-bond acceptors (Lipinski definition) is 4. The minimum absolute atomic E-state index is 0.106. The topological polar surface area (TPSA) is 64.6 Å². The summed E-state index contributed by atoms with van der Waals surface area (Å²) in [7, 11) is 1.56. The van der Waals surface area contributed by atoms with E-state index in [0.29, 0.717) is 17.9 Å². The molecule has 1 unspecified atom stereocenters. The molecule has 0 heterocycles. The molecule has 0 saturated carbocycles. The quantitative estimate of drug-likeness (QED) is 0.774. The zero-order valence-electron chi connectivity index (χ0n) is 10.8. The molecule has 0 aliphatic rings. The van der Waals surface area contributed by atoms with Gasteiger partial charge in [-0.2, -0.15) is 0 Å². The molecule has 1 amide bonds. The molecule has 1 aromatic rings. The van der Waals surface area contributed by atoms with Crippen molar-refractivity contribution < 1.29 is 19.1 Å². The average Bonchev–Trinajstić information content (AvgIpc) is 2.36.